The highest BCUT2D eigenvalue weighted by Gasteiger charge is 2.38. The molecule has 3 aromatic rings. The molecule has 15 heteroatoms. The second-order valence-electron chi connectivity index (χ2n) is 8.73. The molecule has 0 spiro atoms. The number of sulfonamides is 1. The van der Waals surface area contributed by atoms with E-state index >= 15 is 0 Å². The van der Waals surface area contributed by atoms with E-state index in [-0.39, 0.29) is 18.2 Å². The van der Waals surface area contributed by atoms with Crippen LogP contribution in [-0.4, -0.2) is 32.1 Å². The molecule has 0 saturated heterocycles. The summed E-state index contributed by atoms with van der Waals surface area (Å²) in [6.07, 6.45) is -11.7. The molecule has 0 aromatic heterocycles. The average molecular weight is 595 g/mol. The molecule has 3 aromatic carbocycles. The van der Waals surface area contributed by atoms with E-state index in [0.29, 0.717) is 22.5 Å². The number of hydrogen-bond acceptors (Lipinski definition) is 4. The van der Waals surface area contributed by atoms with Gasteiger partial charge in [0.2, 0.25) is 0 Å². The van der Waals surface area contributed by atoms with Crippen LogP contribution in [0.2, 0.25) is 0 Å². The van der Waals surface area contributed by atoms with Gasteiger partial charge in [-0.15, -0.1) is 0 Å². The summed E-state index contributed by atoms with van der Waals surface area (Å²) in [6.45, 7) is -0.595. The third kappa shape index (κ3) is 5.83. The van der Waals surface area contributed by atoms with Crippen molar-refractivity contribution in [1.82, 2.24) is 0 Å². The van der Waals surface area contributed by atoms with Crippen LogP contribution in [0.4, 0.5) is 40.8 Å². The fourth-order valence-corrected chi connectivity index (χ4v) is 5.61. The number of ether oxygens (including phenoxy) is 1. The lowest BCUT2D eigenvalue weighted by Gasteiger charge is -2.36. The zero-order valence-corrected chi connectivity index (χ0v) is 20.7. The highest BCUT2D eigenvalue weighted by molar-refractivity contribution is 7.92. The molecule has 6 nitrogen and oxygen atoms in total. The summed E-state index contributed by atoms with van der Waals surface area (Å²) in [5.41, 5.74) is -4.44. The van der Waals surface area contributed by atoms with Crippen LogP contribution in [0.5, 0.6) is 5.75 Å². The van der Waals surface area contributed by atoms with E-state index in [4.69, 9.17) is 9.84 Å². The Morgan fingerprint density at radius 1 is 0.950 bits per heavy atom. The maximum absolute atomic E-state index is 14.6. The predicted molar refractivity (Wildman–Crippen MR) is 124 cm³/mol. The van der Waals surface area contributed by atoms with Gasteiger partial charge in [0.15, 0.2) is 11.6 Å². The lowest BCUT2D eigenvalue weighted by molar-refractivity contribution is -0.138. The van der Waals surface area contributed by atoms with Crippen LogP contribution in [0.3, 0.4) is 0 Å². The Morgan fingerprint density at radius 3 is 2.25 bits per heavy atom. The molecule has 0 saturated carbocycles. The van der Waals surface area contributed by atoms with Gasteiger partial charge in [0.25, 0.3) is 10.0 Å². The fourth-order valence-electron chi connectivity index (χ4n) is 4.06. The van der Waals surface area contributed by atoms with Gasteiger partial charge >= 0.3 is 18.3 Å². The molecule has 40 heavy (non-hydrogen) atoms. The van der Waals surface area contributed by atoms with Gasteiger partial charge in [0, 0.05) is 12.0 Å². The molecule has 0 amide bonds. The van der Waals surface area contributed by atoms with Crippen molar-refractivity contribution in [2.75, 3.05) is 10.8 Å². The van der Waals surface area contributed by atoms with Gasteiger partial charge in [0.1, 0.15) is 11.9 Å². The van der Waals surface area contributed by atoms with Gasteiger partial charge in [-0.25, -0.2) is 17.2 Å². The minimum absolute atomic E-state index is 0.0438. The molecule has 1 aliphatic heterocycles. The zero-order valence-electron chi connectivity index (χ0n) is 19.9. The second-order valence-corrected chi connectivity index (χ2v) is 10.6. The SMILES string of the molecule is O=C(O)CC[C@H]1CN(S(=O)(=O)c2cccc(C(F)(F)F)c2)c2cc(-c3cc(C(F)(F)F)cc(F)c3F)ccc2O1. The number of carbonyl (C=O) groups is 1. The number of nitrogens with zero attached hydrogens (tertiary/aromatic N) is 1. The van der Waals surface area contributed by atoms with Crippen LogP contribution < -0.4 is 9.04 Å². The normalized spacial score (nSPS) is 15.9. The Bertz CT molecular complexity index is 1570. The lowest BCUT2D eigenvalue weighted by Crippen LogP contribution is -2.43. The van der Waals surface area contributed by atoms with E-state index < -0.39 is 91.9 Å². The van der Waals surface area contributed by atoms with Crippen molar-refractivity contribution in [3.05, 3.63) is 77.4 Å². The Balaban J connectivity index is 1.87. The topological polar surface area (TPSA) is 83.9 Å². The number of alkyl halides is 6. The molecule has 0 fully saturated rings. The van der Waals surface area contributed by atoms with E-state index in [1.807, 2.05) is 0 Å². The van der Waals surface area contributed by atoms with E-state index in [1.165, 1.54) is 0 Å². The number of benzene rings is 3. The average Bonchev–Trinajstić information content (AvgIpc) is 2.87. The number of carboxylic acids is 1. The molecule has 0 aliphatic carbocycles. The molecule has 1 atom stereocenters. The van der Waals surface area contributed by atoms with Gasteiger partial charge in [-0.05, 0) is 54.4 Å². The van der Waals surface area contributed by atoms with Crippen LogP contribution in [-0.2, 0) is 27.2 Å². The first-order chi connectivity index (χ1) is 18.5. The summed E-state index contributed by atoms with van der Waals surface area (Å²) in [5.74, 6) is -4.94. The Labute approximate surface area is 221 Å². The summed E-state index contributed by atoms with van der Waals surface area (Å²) < 4.78 is 142. The van der Waals surface area contributed by atoms with E-state index in [0.717, 1.165) is 30.3 Å². The molecule has 214 valence electrons. The fraction of sp³-hybridized carbons (Fsp3) is 0.240. The number of fused-ring (bicyclic) bond motifs is 1. The van der Waals surface area contributed by atoms with Gasteiger partial charge in [0.05, 0.1) is 28.3 Å². The third-order valence-electron chi connectivity index (χ3n) is 5.99. The van der Waals surface area contributed by atoms with Crippen molar-refractivity contribution in [1.29, 1.82) is 0 Å². The first kappa shape index (κ1) is 29.1. The first-order valence-electron chi connectivity index (χ1n) is 11.3. The minimum atomic E-state index is -5.04. The van der Waals surface area contributed by atoms with Crippen LogP contribution in [0.15, 0.2) is 59.5 Å². The van der Waals surface area contributed by atoms with Crippen LogP contribution in [0, 0.1) is 11.6 Å². The summed E-state index contributed by atoms with van der Waals surface area (Å²) in [5, 5.41) is 9.00. The number of anilines is 1. The predicted octanol–water partition coefficient (Wildman–Crippen LogP) is 6.49. The Morgan fingerprint density at radius 2 is 1.62 bits per heavy atom. The lowest BCUT2D eigenvalue weighted by atomic mass is 10.00. The smallest absolute Gasteiger partial charge is 0.416 e. The van der Waals surface area contributed by atoms with E-state index in [2.05, 4.69) is 0 Å². The van der Waals surface area contributed by atoms with Gasteiger partial charge in [-0.1, -0.05) is 12.1 Å². The number of rotatable bonds is 6. The summed E-state index contributed by atoms with van der Waals surface area (Å²) in [6, 6.07) is 6.03. The van der Waals surface area contributed by atoms with Crippen molar-refractivity contribution in [2.24, 2.45) is 0 Å². The maximum Gasteiger partial charge on any atom is 0.416 e. The second kappa shape index (κ2) is 10.3. The molecule has 1 heterocycles. The quantitative estimate of drug-likeness (QED) is 0.330. The minimum Gasteiger partial charge on any atom is -0.486 e. The first-order valence-corrected chi connectivity index (χ1v) is 12.7. The zero-order chi connectivity index (χ0) is 29.6. The van der Waals surface area contributed by atoms with Gasteiger partial charge in [-0.2, -0.15) is 26.3 Å². The van der Waals surface area contributed by atoms with Crippen LogP contribution in [0.1, 0.15) is 24.0 Å². The number of halogens is 8. The number of carboxylic acid groups (broad SMARTS) is 1. The van der Waals surface area contributed by atoms with Gasteiger partial charge < -0.3 is 9.84 Å². The van der Waals surface area contributed by atoms with Crippen molar-refractivity contribution < 1.29 is 58.2 Å². The standard InChI is InChI=1S/C25H17F8NO5S/c26-19-11-15(25(31,32)33)10-18(23(19)27)13-4-6-21-20(8-13)34(12-16(39-21)5-7-22(35)36)40(37,38)17-3-1-2-14(9-17)24(28,29)30/h1-4,6,8-11,16H,5,7,12H2,(H,35,36)/t16-/m0/s1. The van der Waals surface area contributed by atoms with E-state index in [1.54, 1.807) is 0 Å². The van der Waals surface area contributed by atoms with E-state index in [9.17, 15) is 48.3 Å². The molecule has 0 radical (unpaired) electrons. The monoisotopic (exact) mass is 595 g/mol. The van der Waals surface area contributed by atoms with Crippen molar-refractivity contribution in [3.8, 4) is 16.9 Å². The Hall–Kier alpha value is -3.88. The van der Waals surface area contributed by atoms with Crippen molar-refractivity contribution in [3.63, 3.8) is 0 Å². The number of hydrogen-bond donors (Lipinski definition) is 1. The van der Waals surface area contributed by atoms with Crippen LogP contribution in [0.25, 0.3) is 11.1 Å². The molecule has 1 N–H and O–H groups in total. The largest absolute Gasteiger partial charge is 0.486 e. The Kier molecular flexibility index (Phi) is 7.47. The van der Waals surface area contributed by atoms with Crippen LogP contribution >= 0.6 is 0 Å². The number of aliphatic carboxylic acids is 1. The summed E-state index contributed by atoms with van der Waals surface area (Å²) in [4.78, 5) is 10.2. The molecule has 0 unspecified atom stereocenters. The third-order valence-corrected chi connectivity index (χ3v) is 7.76. The van der Waals surface area contributed by atoms with Crippen molar-refractivity contribution in [2.45, 2.75) is 36.2 Å². The summed E-state index contributed by atoms with van der Waals surface area (Å²) >= 11 is 0. The van der Waals surface area contributed by atoms with Gasteiger partial charge in [-0.3, -0.25) is 9.10 Å². The maximum atomic E-state index is 14.6. The summed E-state index contributed by atoms with van der Waals surface area (Å²) in [7, 11) is -4.82. The molecule has 4 rings (SSSR count). The highest BCUT2D eigenvalue weighted by atomic mass is 32.2. The van der Waals surface area contributed by atoms with Crippen molar-refractivity contribution >= 4 is 21.7 Å². The highest BCUT2D eigenvalue weighted by Crippen LogP contribution is 2.43. The molecule has 0 bridgehead atoms. The molecular weight excluding hydrogens is 578 g/mol. The molecular formula is C25H17F8NO5S. The molecule has 1 aliphatic rings.